The van der Waals surface area contributed by atoms with E-state index < -0.39 is 31.6 Å². The molecule has 23 unspecified atom stereocenters. The van der Waals surface area contributed by atoms with Crippen LogP contribution in [-0.2, 0) is 83.5 Å². The fourth-order valence-electron chi connectivity index (χ4n) is 36.1. The van der Waals surface area contributed by atoms with E-state index in [1.807, 2.05) is 0 Å². The van der Waals surface area contributed by atoms with Crippen LogP contribution in [0.1, 0.15) is 452 Å². The van der Waals surface area contributed by atoms with Gasteiger partial charge in [-0.2, -0.15) is 11.1 Å². The van der Waals surface area contributed by atoms with Crippen molar-refractivity contribution in [3.05, 3.63) is 238 Å². The summed E-state index contributed by atoms with van der Waals surface area (Å²) in [6, 6.07) is 34.5. The second-order valence-electron chi connectivity index (χ2n) is 55.2. The summed E-state index contributed by atoms with van der Waals surface area (Å²) in [5, 5.41) is 0. The number of fused-ring (bicyclic) bond motifs is 16. The van der Waals surface area contributed by atoms with Crippen LogP contribution in [0.15, 0.2) is 115 Å². The van der Waals surface area contributed by atoms with Crippen LogP contribution in [0.2, 0.25) is 70.0 Å². The van der Waals surface area contributed by atoms with Crippen molar-refractivity contribution in [2.75, 3.05) is 0 Å². The molecule has 0 aromatic heterocycles. The topological polar surface area (TPSA) is 0 Å². The van der Waals surface area contributed by atoms with Crippen LogP contribution >= 0.6 is 11.1 Å². The Morgan fingerprint density at radius 2 is 0.644 bits per heavy atom. The summed E-state index contributed by atoms with van der Waals surface area (Å²) in [6.07, 6.45) is 81.4. The van der Waals surface area contributed by atoms with Gasteiger partial charge in [-0.1, -0.05) is 366 Å². The number of allylic oxidation sites excluding steroid dienone is 10. The summed E-state index contributed by atoms with van der Waals surface area (Å²) in [5.41, 5.74) is 48.2. The number of aryl methyl sites for hydroxylation is 12. The predicted octanol–water partition coefficient (Wildman–Crippen LogP) is 31.1. The maximum Gasteiger partial charge on any atom is 1.00 e. The van der Waals surface area contributed by atoms with E-state index in [0.29, 0.717) is 28.5 Å². The van der Waals surface area contributed by atoms with Crippen molar-refractivity contribution in [3.8, 4) is 0 Å². The zero-order chi connectivity index (χ0) is 100. The molecule has 25 rings (SSSR count). The van der Waals surface area contributed by atoms with Crippen LogP contribution in [0.5, 0.6) is 0 Å². The molecule has 0 spiro atoms. The Morgan fingerprint density at radius 3 is 1.07 bits per heavy atom. The second-order valence-corrected chi connectivity index (χ2v) is 77.2. The van der Waals surface area contributed by atoms with Gasteiger partial charge in [0.1, 0.15) is 0 Å². The molecular weight excluding hydrogens is 1830 g/mol. The Bertz CT molecular complexity index is 5430. The molecule has 0 heterocycles. The van der Waals surface area contributed by atoms with Gasteiger partial charge >= 0.3 is 56.6 Å². The van der Waals surface area contributed by atoms with E-state index in [1.54, 1.807) is 249 Å². The molecule has 0 nitrogen and oxygen atoms in total. The summed E-state index contributed by atoms with van der Waals surface area (Å²) in [6.45, 7) is 52.2. The van der Waals surface area contributed by atoms with Crippen LogP contribution in [0.4, 0.5) is 0 Å². The van der Waals surface area contributed by atoms with Crippen LogP contribution < -0.4 is 56.6 Å². The molecule has 8 heteroatoms. The van der Waals surface area contributed by atoms with Crippen molar-refractivity contribution < 1.29 is 56.6 Å². The van der Waals surface area contributed by atoms with Crippen molar-refractivity contribution in [3.63, 3.8) is 0 Å². The quantitative estimate of drug-likeness (QED) is 0.0498. The Hall–Kier alpha value is -3.03. The van der Waals surface area contributed by atoms with Gasteiger partial charge in [-0.15, -0.1) is 0 Å². The van der Waals surface area contributed by atoms with E-state index in [2.05, 4.69) is 257 Å². The summed E-state index contributed by atoms with van der Waals surface area (Å²) in [7, 11) is -5.85. The van der Waals surface area contributed by atoms with Gasteiger partial charge in [0.2, 0.25) is 0 Å². The summed E-state index contributed by atoms with van der Waals surface area (Å²) < 4.78 is 0. The monoisotopic (exact) mass is 2030 g/mol. The molecule has 8 fully saturated rings. The summed E-state index contributed by atoms with van der Waals surface area (Å²) in [5.74, 6) is 17.3. The third kappa shape index (κ3) is 24.3. The number of hydrogen-bond donors (Lipinski definition) is 0. The predicted molar refractivity (Wildman–Crippen MR) is 636 cm³/mol. The van der Waals surface area contributed by atoms with E-state index in [1.165, 1.54) is 233 Å². The van der Waals surface area contributed by atoms with Gasteiger partial charge in [-0.05, 0) is 478 Å². The average molecular weight is 2030 g/mol. The zero-order valence-corrected chi connectivity index (χ0v) is 103. The SMILES string of the molecule is C1CC2CC3CCCC3CC2C1.CCCC(C)C1=CC([Si](C)(C)C)c2cc3c(cc21)CCC3.CCCC(C)C1=CC([Si](C)(C)C2C=C(C)c3ccccc32)c2cc3c(cc21)CCC3.CCCC(C)C1=CC([Si](C)(C)Cl)c2cc3c(cc21)CCC3.CCCC(C)C1=CCc2cc3c(cc21)CCC3.CCCC(C)C1CC([Si](C)(C)C2CC(C)C3CCCCC32)C2CC3CCCC3CC12.[Li+].[Li+].[Li+].c1c2c(cc3c1CCC3)CCC2. The zero-order valence-electron chi connectivity index (χ0n) is 98.1. The summed E-state index contributed by atoms with van der Waals surface area (Å²) >= 11 is 6.86. The van der Waals surface area contributed by atoms with Gasteiger partial charge in [0, 0.05) is 5.54 Å². The number of benzene rings is 6. The van der Waals surface area contributed by atoms with Gasteiger partial charge in [-0.25, -0.2) is 0 Å². The summed E-state index contributed by atoms with van der Waals surface area (Å²) in [4.78, 5) is 0. The third-order valence-electron chi connectivity index (χ3n) is 43.8. The number of hydrogen-bond acceptors (Lipinski definition) is 0. The molecule has 776 valence electrons. The Labute approximate surface area is 940 Å². The third-order valence-corrected chi connectivity index (χ3v) is 58.1. The van der Waals surface area contributed by atoms with E-state index in [-0.39, 0.29) is 56.6 Å². The normalized spacial score (nSPS) is 29.3. The van der Waals surface area contributed by atoms with E-state index >= 15 is 0 Å². The van der Waals surface area contributed by atoms with Gasteiger partial charge in [-0.3, -0.25) is 0 Å². The van der Waals surface area contributed by atoms with E-state index in [4.69, 9.17) is 11.1 Å². The minimum absolute atomic E-state index is 0. The van der Waals surface area contributed by atoms with Gasteiger partial charge in [0.05, 0.1) is 24.2 Å². The second kappa shape index (κ2) is 49.8. The molecule has 19 aliphatic rings. The Morgan fingerprint density at radius 1 is 0.301 bits per heavy atom. The molecule has 6 aromatic carbocycles. The van der Waals surface area contributed by atoms with Crippen molar-refractivity contribution in [1.29, 1.82) is 0 Å². The van der Waals surface area contributed by atoms with Crippen molar-refractivity contribution >= 4 is 70.5 Å². The molecule has 8 saturated carbocycles. The molecular formula is C138H201ClLi3Si4+3. The molecule has 6 aromatic rings. The number of rotatable bonds is 21. The van der Waals surface area contributed by atoms with Crippen molar-refractivity contribution in [2.24, 2.45) is 101 Å². The first-order valence-electron chi connectivity index (χ1n) is 61.9. The van der Waals surface area contributed by atoms with Crippen LogP contribution in [0.25, 0.3) is 27.9 Å². The van der Waals surface area contributed by atoms with E-state index in [9.17, 15) is 0 Å². The fraction of sp³-hybridized carbons (Fsp3) is 0.667. The maximum absolute atomic E-state index is 6.86. The number of halogens is 1. The van der Waals surface area contributed by atoms with Gasteiger partial charge in [0.25, 0.3) is 0 Å². The molecule has 0 N–H and O–H groups in total. The van der Waals surface area contributed by atoms with E-state index in [0.717, 1.165) is 81.7 Å². The smallest absolute Gasteiger partial charge is 0.167 e. The van der Waals surface area contributed by atoms with Gasteiger partial charge in [0.15, 0.2) is 7.38 Å². The van der Waals surface area contributed by atoms with Crippen molar-refractivity contribution in [2.45, 2.75) is 483 Å². The molecule has 0 saturated heterocycles. The molecule has 19 aliphatic carbocycles. The first-order valence-corrected chi connectivity index (χ1v) is 75.9. The molecule has 0 aliphatic heterocycles. The molecule has 146 heavy (non-hydrogen) atoms. The maximum atomic E-state index is 6.86. The minimum atomic E-state index is -1.72. The first-order chi connectivity index (χ1) is 68.8. The molecule has 0 radical (unpaired) electrons. The first kappa shape index (κ1) is 115. The molecule has 0 amide bonds. The van der Waals surface area contributed by atoms with Crippen LogP contribution in [-0.4, -0.2) is 31.6 Å². The molecule has 0 bridgehead atoms. The Balaban J connectivity index is 0.000000124. The van der Waals surface area contributed by atoms with Crippen LogP contribution in [0.3, 0.4) is 0 Å². The standard InChI is InChI=1S/C29H52Si.C29H36Si.C20H30Si.C19H27ClSi.C17H22.C12H20.C12H14.3Li/c2*1-6-10-19(2)25-18-29(27-17-22-12-9-11-21(22)16-26(25)27)30(4,5)28-15-20(3)23-13-7-8-14-24(23)28;1-6-8-14(2)17-13-20(21(3,4)5)19-12-16-10-7-9-15(16)11-18(17)19;1-5-7-13(2)16-12-19(21(3,4)20)18-11-15-9-6-8-14(15)10-17(16)18;1-3-5-12(2)16-9-8-15-10-13-6-4-7-14(13)11-17(15)16;2*1-3-9-7-11-5-2-6-12(11)8-10(9)4-1;;;/h19-29H,6-18H2,1-5H3;7-8,13-19,28-29H,6,9-12H2,1-5H3;11-14,20H,6-10H2,1-5H3;10-13,19H,5-9H2,1-4H3;9-12H,3-8H2,1-2H3;9-12H,1-8H2;7-8H,1-6H2;;;/q;;;;;;;3*+1. The van der Waals surface area contributed by atoms with Crippen molar-refractivity contribution in [1.82, 2.24) is 0 Å². The molecule has 23 atom stereocenters. The fourth-order valence-corrected chi connectivity index (χ4v) is 49.2. The Kier molecular flexibility index (Phi) is 39.4. The van der Waals surface area contributed by atoms with Gasteiger partial charge < -0.3 is 0 Å². The largest absolute Gasteiger partial charge is 1.00 e. The van der Waals surface area contributed by atoms with Crippen LogP contribution in [0, 0.1) is 101 Å². The minimum Gasteiger partial charge on any atom is -0.167 e. The average Bonchev–Trinajstić information content (AvgIpc) is 1.57.